The van der Waals surface area contributed by atoms with E-state index in [9.17, 15) is 14.9 Å². The molecule has 126 valence electrons. The molecule has 0 aliphatic carbocycles. The Bertz CT molecular complexity index is 704. The standard InChI is InChI=1S/C17H19N3O4/c1-13(2)19(11-14-7-4-3-5-8-14)16(21)12-24-15-9-6-10-18-17(15)20(22)23/h3-10,13H,11-12H2,1-2H3. The molecule has 0 radical (unpaired) electrons. The van der Waals surface area contributed by atoms with E-state index in [0.29, 0.717) is 6.54 Å². The Morgan fingerprint density at radius 1 is 1.25 bits per heavy atom. The molecule has 0 unspecified atom stereocenters. The van der Waals surface area contributed by atoms with Gasteiger partial charge in [0.1, 0.15) is 6.20 Å². The van der Waals surface area contributed by atoms with Gasteiger partial charge in [0.05, 0.1) is 0 Å². The lowest BCUT2D eigenvalue weighted by Crippen LogP contribution is -2.39. The molecule has 2 rings (SSSR count). The Morgan fingerprint density at radius 2 is 1.96 bits per heavy atom. The zero-order valence-corrected chi connectivity index (χ0v) is 13.6. The number of aromatic nitrogens is 1. The second-order valence-electron chi connectivity index (χ2n) is 5.47. The third-order valence-electron chi connectivity index (χ3n) is 3.41. The Morgan fingerprint density at radius 3 is 2.58 bits per heavy atom. The van der Waals surface area contributed by atoms with Crippen LogP contribution in [0.15, 0.2) is 48.7 Å². The first kappa shape index (κ1) is 17.4. The predicted molar refractivity (Wildman–Crippen MR) is 88.5 cm³/mol. The average molecular weight is 329 g/mol. The maximum absolute atomic E-state index is 12.5. The zero-order valence-electron chi connectivity index (χ0n) is 13.6. The SMILES string of the molecule is CC(C)N(Cc1ccccc1)C(=O)COc1cccnc1[N+](=O)[O-]. The second kappa shape index (κ2) is 8.05. The third-order valence-corrected chi connectivity index (χ3v) is 3.41. The molecule has 1 heterocycles. The normalized spacial score (nSPS) is 10.5. The molecule has 0 N–H and O–H groups in total. The van der Waals surface area contributed by atoms with E-state index in [0.717, 1.165) is 5.56 Å². The summed E-state index contributed by atoms with van der Waals surface area (Å²) >= 11 is 0. The summed E-state index contributed by atoms with van der Waals surface area (Å²) < 4.78 is 5.33. The van der Waals surface area contributed by atoms with Gasteiger partial charge in [-0.05, 0) is 41.5 Å². The number of nitro groups is 1. The summed E-state index contributed by atoms with van der Waals surface area (Å²) in [4.78, 5) is 28.1. The van der Waals surface area contributed by atoms with E-state index in [-0.39, 0.29) is 24.3 Å². The van der Waals surface area contributed by atoms with Crippen LogP contribution in [-0.4, -0.2) is 33.4 Å². The quantitative estimate of drug-likeness (QED) is 0.576. The van der Waals surface area contributed by atoms with Gasteiger partial charge in [-0.1, -0.05) is 30.3 Å². The van der Waals surface area contributed by atoms with Crippen LogP contribution in [0.25, 0.3) is 0 Å². The summed E-state index contributed by atoms with van der Waals surface area (Å²) in [7, 11) is 0. The molecular formula is C17H19N3O4. The van der Waals surface area contributed by atoms with E-state index in [1.165, 1.54) is 18.3 Å². The summed E-state index contributed by atoms with van der Waals surface area (Å²) in [5.74, 6) is -0.657. The van der Waals surface area contributed by atoms with Crippen LogP contribution in [0.4, 0.5) is 5.82 Å². The molecule has 2 aromatic rings. The van der Waals surface area contributed by atoms with Gasteiger partial charge >= 0.3 is 5.82 Å². The highest BCUT2D eigenvalue weighted by atomic mass is 16.6. The van der Waals surface area contributed by atoms with Crippen molar-refractivity contribution in [3.05, 3.63) is 64.3 Å². The highest BCUT2D eigenvalue weighted by molar-refractivity contribution is 5.78. The van der Waals surface area contributed by atoms with Crippen LogP contribution in [0, 0.1) is 10.1 Å². The second-order valence-corrected chi connectivity index (χ2v) is 5.47. The van der Waals surface area contributed by atoms with E-state index in [1.54, 1.807) is 4.90 Å². The monoisotopic (exact) mass is 329 g/mol. The van der Waals surface area contributed by atoms with Gasteiger partial charge in [-0.15, -0.1) is 0 Å². The predicted octanol–water partition coefficient (Wildman–Crippen LogP) is 2.81. The highest BCUT2D eigenvalue weighted by Gasteiger charge is 2.21. The molecule has 0 bridgehead atoms. The molecule has 0 aliphatic rings. The highest BCUT2D eigenvalue weighted by Crippen LogP contribution is 2.23. The number of hydrogen-bond acceptors (Lipinski definition) is 5. The Balaban J connectivity index is 2.05. The summed E-state index contributed by atoms with van der Waals surface area (Å²) in [6, 6.07) is 12.5. The molecule has 0 fully saturated rings. The number of carbonyl (C=O) groups is 1. The Labute approximate surface area is 140 Å². The van der Waals surface area contributed by atoms with Crippen LogP contribution in [0.3, 0.4) is 0 Å². The largest absolute Gasteiger partial charge is 0.476 e. The minimum atomic E-state index is -0.635. The van der Waals surface area contributed by atoms with Gasteiger partial charge in [0, 0.05) is 12.6 Å². The third kappa shape index (κ3) is 4.52. The van der Waals surface area contributed by atoms with Crippen LogP contribution in [0.5, 0.6) is 5.75 Å². The maximum Gasteiger partial charge on any atom is 0.406 e. The summed E-state index contributed by atoms with van der Waals surface area (Å²) in [5.41, 5.74) is 1.01. The fraction of sp³-hybridized carbons (Fsp3) is 0.294. The van der Waals surface area contributed by atoms with Crippen molar-refractivity contribution in [3.63, 3.8) is 0 Å². The summed E-state index contributed by atoms with van der Waals surface area (Å²) in [6.07, 6.45) is 1.31. The lowest BCUT2D eigenvalue weighted by Gasteiger charge is -2.26. The first-order chi connectivity index (χ1) is 11.5. The van der Waals surface area contributed by atoms with E-state index >= 15 is 0 Å². The number of pyridine rings is 1. The van der Waals surface area contributed by atoms with Crippen LogP contribution in [-0.2, 0) is 11.3 Å². The van der Waals surface area contributed by atoms with Gasteiger partial charge in [-0.3, -0.25) is 4.79 Å². The Hall–Kier alpha value is -2.96. The van der Waals surface area contributed by atoms with Crippen molar-refractivity contribution in [2.24, 2.45) is 0 Å². The molecule has 1 amide bonds. The molecule has 1 aromatic heterocycles. The van der Waals surface area contributed by atoms with Gasteiger partial charge in [-0.2, -0.15) is 0 Å². The van der Waals surface area contributed by atoms with Gasteiger partial charge in [-0.25, -0.2) is 0 Å². The van der Waals surface area contributed by atoms with Gasteiger partial charge in [0.25, 0.3) is 5.91 Å². The number of ether oxygens (including phenoxy) is 1. The molecule has 1 aromatic carbocycles. The van der Waals surface area contributed by atoms with Crippen LogP contribution in [0.1, 0.15) is 19.4 Å². The molecular weight excluding hydrogens is 310 g/mol. The Kier molecular flexibility index (Phi) is 5.83. The first-order valence-electron chi connectivity index (χ1n) is 7.54. The van der Waals surface area contributed by atoms with Gasteiger partial charge < -0.3 is 19.8 Å². The lowest BCUT2D eigenvalue weighted by atomic mass is 10.2. The van der Waals surface area contributed by atoms with Crippen molar-refractivity contribution in [1.82, 2.24) is 9.88 Å². The van der Waals surface area contributed by atoms with E-state index in [2.05, 4.69) is 4.98 Å². The molecule has 0 saturated heterocycles. The van der Waals surface area contributed by atoms with Crippen molar-refractivity contribution in [3.8, 4) is 5.75 Å². The van der Waals surface area contributed by atoms with E-state index in [1.807, 2.05) is 44.2 Å². The summed E-state index contributed by atoms with van der Waals surface area (Å²) in [6.45, 7) is 3.99. The topological polar surface area (TPSA) is 85.6 Å². The molecule has 0 atom stereocenters. The minimum absolute atomic E-state index is 0.0146. The van der Waals surface area contributed by atoms with E-state index in [4.69, 9.17) is 4.74 Å². The smallest absolute Gasteiger partial charge is 0.406 e. The number of rotatable bonds is 7. The van der Waals surface area contributed by atoms with Crippen LogP contribution >= 0.6 is 0 Å². The lowest BCUT2D eigenvalue weighted by molar-refractivity contribution is -0.390. The van der Waals surface area contributed by atoms with E-state index < -0.39 is 10.7 Å². The molecule has 0 spiro atoms. The number of nitrogens with zero attached hydrogens (tertiary/aromatic N) is 3. The zero-order chi connectivity index (χ0) is 17.5. The fourth-order valence-electron chi connectivity index (χ4n) is 2.19. The number of hydrogen-bond donors (Lipinski definition) is 0. The van der Waals surface area contributed by atoms with Gasteiger partial charge in [0.15, 0.2) is 6.61 Å². The molecule has 0 aliphatic heterocycles. The maximum atomic E-state index is 12.5. The van der Waals surface area contributed by atoms with Gasteiger partial charge in [0.2, 0.25) is 5.75 Å². The minimum Gasteiger partial charge on any atom is -0.476 e. The van der Waals surface area contributed by atoms with Crippen molar-refractivity contribution in [1.29, 1.82) is 0 Å². The average Bonchev–Trinajstić information content (AvgIpc) is 2.58. The van der Waals surface area contributed by atoms with Crippen molar-refractivity contribution < 1.29 is 14.5 Å². The fourth-order valence-corrected chi connectivity index (χ4v) is 2.19. The summed E-state index contributed by atoms with van der Waals surface area (Å²) in [5, 5.41) is 10.9. The number of benzene rings is 1. The number of amides is 1. The molecule has 0 saturated carbocycles. The molecule has 7 heteroatoms. The molecule has 7 nitrogen and oxygen atoms in total. The molecule has 24 heavy (non-hydrogen) atoms. The first-order valence-corrected chi connectivity index (χ1v) is 7.54. The van der Waals surface area contributed by atoms with Crippen molar-refractivity contribution in [2.45, 2.75) is 26.4 Å². The van der Waals surface area contributed by atoms with Crippen molar-refractivity contribution in [2.75, 3.05) is 6.61 Å². The van der Waals surface area contributed by atoms with Crippen LogP contribution in [0.2, 0.25) is 0 Å². The number of carbonyl (C=O) groups excluding carboxylic acids is 1. The van der Waals surface area contributed by atoms with Crippen molar-refractivity contribution >= 4 is 11.7 Å². The van der Waals surface area contributed by atoms with Crippen LogP contribution < -0.4 is 4.74 Å².